The Morgan fingerprint density at radius 3 is 2.58 bits per heavy atom. The Hall–Kier alpha value is -0.520. The van der Waals surface area contributed by atoms with Crippen molar-refractivity contribution < 1.29 is 8.78 Å². The van der Waals surface area contributed by atoms with E-state index in [1.54, 1.807) is 0 Å². The second kappa shape index (κ2) is 7.92. The minimum absolute atomic E-state index is 0.0354. The maximum absolute atomic E-state index is 14.0. The maximum Gasteiger partial charge on any atom is 0.143 e. The maximum atomic E-state index is 14.0. The standard InChI is InChI=1S/C14H21BrF2N2/c1-4-7-18-10(9-19(2)3)8-11-13(16)6-5-12(15)14(11)17/h5-6,10,18H,4,7-9H2,1-3H3. The molecule has 1 N–H and O–H groups in total. The van der Waals surface area contributed by atoms with E-state index in [1.165, 1.54) is 12.1 Å². The van der Waals surface area contributed by atoms with Gasteiger partial charge in [0.2, 0.25) is 0 Å². The molecular weight excluding hydrogens is 314 g/mol. The summed E-state index contributed by atoms with van der Waals surface area (Å²) >= 11 is 3.10. The van der Waals surface area contributed by atoms with Crippen LogP contribution >= 0.6 is 15.9 Å². The number of hydrogen-bond donors (Lipinski definition) is 1. The summed E-state index contributed by atoms with van der Waals surface area (Å²) in [5.74, 6) is -0.982. The van der Waals surface area contributed by atoms with Gasteiger partial charge in [-0.05, 0) is 61.5 Å². The third kappa shape index (κ3) is 5.16. The minimum Gasteiger partial charge on any atom is -0.312 e. The number of benzene rings is 1. The molecule has 0 aromatic heterocycles. The van der Waals surface area contributed by atoms with Gasteiger partial charge in [0.1, 0.15) is 11.6 Å². The first-order valence-corrected chi connectivity index (χ1v) is 7.25. The summed E-state index contributed by atoms with van der Waals surface area (Å²) in [5, 5.41) is 3.33. The topological polar surface area (TPSA) is 15.3 Å². The Morgan fingerprint density at radius 1 is 1.32 bits per heavy atom. The molecule has 1 aromatic rings. The number of nitrogens with zero attached hydrogens (tertiary/aromatic N) is 1. The molecule has 19 heavy (non-hydrogen) atoms. The van der Waals surface area contributed by atoms with Crippen LogP contribution in [0.3, 0.4) is 0 Å². The van der Waals surface area contributed by atoms with E-state index in [1.807, 2.05) is 19.0 Å². The molecule has 0 fully saturated rings. The molecule has 0 aliphatic heterocycles. The minimum atomic E-state index is -0.498. The molecule has 1 aromatic carbocycles. The van der Waals surface area contributed by atoms with Crippen LogP contribution in [0.4, 0.5) is 8.78 Å². The van der Waals surface area contributed by atoms with Crippen LogP contribution in [0.25, 0.3) is 0 Å². The van der Waals surface area contributed by atoms with Crippen LogP contribution in [0.1, 0.15) is 18.9 Å². The Bertz CT molecular complexity index is 411. The van der Waals surface area contributed by atoms with Crippen molar-refractivity contribution in [2.24, 2.45) is 0 Å². The van der Waals surface area contributed by atoms with E-state index >= 15 is 0 Å². The van der Waals surface area contributed by atoms with E-state index in [9.17, 15) is 8.78 Å². The Balaban J connectivity index is 2.85. The van der Waals surface area contributed by atoms with Gasteiger partial charge in [-0.15, -0.1) is 0 Å². The molecule has 0 aliphatic carbocycles. The number of halogens is 3. The molecule has 5 heteroatoms. The molecule has 0 aliphatic rings. The van der Waals surface area contributed by atoms with Crippen molar-refractivity contribution in [3.8, 4) is 0 Å². The first kappa shape index (κ1) is 16.5. The second-order valence-corrected chi connectivity index (χ2v) is 5.79. The van der Waals surface area contributed by atoms with Gasteiger partial charge in [-0.3, -0.25) is 0 Å². The summed E-state index contributed by atoms with van der Waals surface area (Å²) in [6.07, 6.45) is 1.34. The number of rotatable bonds is 7. The van der Waals surface area contributed by atoms with Crippen molar-refractivity contribution >= 4 is 15.9 Å². The lowest BCUT2D eigenvalue weighted by Crippen LogP contribution is -2.40. The summed E-state index contributed by atoms with van der Waals surface area (Å²) < 4.78 is 28.0. The molecule has 0 bridgehead atoms. The number of likely N-dealkylation sites (N-methyl/N-ethyl adjacent to an activating group) is 1. The quantitative estimate of drug-likeness (QED) is 0.770. The van der Waals surface area contributed by atoms with Gasteiger partial charge in [0, 0.05) is 18.2 Å². The van der Waals surface area contributed by atoms with Gasteiger partial charge in [-0.25, -0.2) is 8.78 Å². The molecule has 108 valence electrons. The summed E-state index contributed by atoms with van der Waals surface area (Å²) in [7, 11) is 3.91. The molecule has 1 atom stereocenters. The van der Waals surface area contributed by atoms with E-state index in [0.717, 1.165) is 19.5 Å². The molecule has 0 spiro atoms. The summed E-state index contributed by atoms with van der Waals surface area (Å²) in [6, 6.07) is 2.73. The van der Waals surface area contributed by atoms with Gasteiger partial charge in [-0.1, -0.05) is 6.92 Å². The van der Waals surface area contributed by atoms with E-state index in [2.05, 4.69) is 28.2 Å². The molecule has 1 rings (SSSR count). The van der Waals surface area contributed by atoms with Crippen LogP contribution in [-0.4, -0.2) is 38.1 Å². The average Bonchev–Trinajstić information content (AvgIpc) is 2.35. The predicted octanol–water partition coefficient (Wildman–Crippen LogP) is 3.20. The van der Waals surface area contributed by atoms with Crippen molar-refractivity contribution in [2.45, 2.75) is 25.8 Å². The zero-order chi connectivity index (χ0) is 14.4. The fraction of sp³-hybridized carbons (Fsp3) is 0.571. The first-order valence-electron chi connectivity index (χ1n) is 6.46. The van der Waals surface area contributed by atoms with Crippen molar-refractivity contribution in [2.75, 3.05) is 27.2 Å². The summed E-state index contributed by atoms with van der Waals surface area (Å²) in [6.45, 7) is 3.65. The normalized spacial score (nSPS) is 13.0. The number of nitrogens with one attached hydrogen (secondary N) is 1. The van der Waals surface area contributed by atoms with E-state index in [0.29, 0.717) is 10.9 Å². The fourth-order valence-corrected chi connectivity index (χ4v) is 2.36. The van der Waals surface area contributed by atoms with Crippen LogP contribution in [0, 0.1) is 11.6 Å². The van der Waals surface area contributed by atoms with E-state index in [4.69, 9.17) is 0 Å². The van der Waals surface area contributed by atoms with Gasteiger partial charge in [-0.2, -0.15) is 0 Å². The molecule has 0 saturated heterocycles. The zero-order valence-electron chi connectivity index (χ0n) is 11.6. The molecule has 0 saturated carbocycles. The second-order valence-electron chi connectivity index (χ2n) is 4.94. The largest absolute Gasteiger partial charge is 0.312 e. The molecule has 2 nitrogen and oxygen atoms in total. The van der Waals surface area contributed by atoms with Gasteiger partial charge in [0.25, 0.3) is 0 Å². The van der Waals surface area contributed by atoms with Crippen LogP contribution in [0.5, 0.6) is 0 Å². The monoisotopic (exact) mass is 334 g/mol. The first-order chi connectivity index (χ1) is 8.95. The third-order valence-electron chi connectivity index (χ3n) is 2.86. The lowest BCUT2D eigenvalue weighted by Gasteiger charge is -2.23. The van der Waals surface area contributed by atoms with Crippen LogP contribution in [0.15, 0.2) is 16.6 Å². The molecule has 0 radical (unpaired) electrons. The Labute approximate surface area is 122 Å². The van der Waals surface area contributed by atoms with Gasteiger partial charge in [0.15, 0.2) is 0 Å². The average molecular weight is 335 g/mol. The molecular formula is C14H21BrF2N2. The molecule has 0 amide bonds. The lowest BCUT2D eigenvalue weighted by molar-refractivity contribution is 0.332. The Kier molecular flexibility index (Phi) is 6.89. The zero-order valence-corrected chi connectivity index (χ0v) is 13.2. The van der Waals surface area contributed by atoms with Crippen molar-refractivity contribution in [3.63, 3.8) is 0 Å². The summed E-state index contributed by atoms with van der Waals surface area (Å²) in [4.78, 5) is 2.02. The van der Waals surface area contributed by atoms with Gasteiger partial charge in [0.05, 0.1) is 4.47 Å². The number of hydrogen-bond acceptors (Lipinski definition) is 2. The highest BCUT2D eigenvalue weighted by atomic mass is 79.9. The highest BCUT2D eigenvalue weighted by molar-refractivity contribution is 9.10. The van der Waals surface area contributed by atoms with Gasteiger partial charge >= 0.3 is 0 Å². The van der Waals surface area contributed by atoms with Crippen LogP contribution in [-0.2, 0) is 6.42 Å². The van der Waals surface area contributed by atoms with Crippen molar-refractivity contribution in [1.82, 2.24) is 10.2 Å². The smallest absolute Gasteiger partial charge is 0.143 e. The lowest BCUT2D eigenvalue weighted by atomic mass is 10.0. The SMILES string of the molecule is CCCNC(Cc1c(F)ccc(Br)c1F)CN(C)C. The predicted molar refractivity (Wildman–Crippen MR) is 78.4 cm³/mol. The van der Waals surface area contributed by atoms with Gasteiger partial charge < -0.3 is 10.2 Å². The van der Waals surface area contributed by atoms with Crippen LogP contribution < -0.4 is 5.32 Å². The van der Waals surface area contributed by atoms with E-state index < -0.39 is 11.6 Å². The van der Waals surface area contributed by atoms with Crippen molar-refractivity contribution in [1.29, 1.82) is 0 Å². The highest BCUT2D eigenvalue weighted by Crippen LogP contribution is 2.22. The molecule has 0 heterocycles. The Morgan fingerprint density at radius 2 is 2.00 bits per heavy atom. The van der Waals surface area contributed by atoms with E-state index in [-0.39, 0.29) is 11.6 Å². The van der Waals surface area contributed by atoms with Crippen molar-refractivity contribution in [3.05, 3.63) is 33.8 Å². The van der Waals surface area contributed by atoms with Crippen LogP contribution in [0.2, 0.25) is 0 Å². The highest BCUT2D eigenvalue weighted by Gasteiger charge is 2.18. The molecule has 1 unspecified atom stereocenters. The fourth-order valence-electron chi connectivity index (χ4n) is 1.99. The third-order valence-corrected chi connectivity index (χ3v) is 3.47. The summed E-state index contributed by atoms with van der Waals surface area (Å²) in [5.41, 5.74) is 0.143.